The van der Waals surface area contributed by atoms with Crippen molar-refractivity contribution >= 4 is 27.9 Å². The largest absolute Gasteiger partial charge is 0.488 e. The molecule has 2 rings (SSSR count). The van der Waals surface area contributed by atoms with Crippen LogP contribution in [0.4, 0.5) is 0 Å². The van der Waals surface area contributed by atoms with Crippen LogP contribution in [0.2, 0.25) is 0 Å². The van der Waals surface area contributed by atoms with E-state index in [1.54, 1.807) is 24.3 Å². The highest BCUT2D eigenvalue weighted by Crippen LogP contribution is 2.28. The van der Waals surface area contributed by atoms with E-state index >= 15 is 0 Å². The second-order valence-electron chi connectivity index (χ2n) is 5.43. The molecule has 24 heavy (non-hydrogen) atoms. The summed E-state index contributed by atoms with van der Waals surface area (Å²) in [5.41, 5.74) is 9.30. The molecular weight excluding hydrogens is 368 g/mol. The molecule has 2 aromatic carbocycles. The summed E-state index contributed by atoms with van der Waals surface area (Å²) in [6, 6.07) is 13.3. The first kappa shape index (κ1) is 17.8. The Balaban J connectivity index is 2.14. The molecule has 122 valence electrons. The second kappa shape index (κ2) is 7.80. The van der Waals surface area contributed by atoms with E-state index in [0.717, 1.165) is 10.0 Å². The minimum atomic E-state index is -0.747. The van der Waals surface area contributed by atoms with Crippen LogP contribution < -0.4 is 10.5 Å². The van der Waals surface area contributed by atoms with Gasteiger partial charge < -0.3 is 10.5 Å². The van der Waals surface area contributed by atoms with E-state index in [9.17, 15) is 4.79 Å². The Morgan fingerprint density at radius 2 is 2.00 bits per heavy atom. The number of nitriles is 1. The van der Waals surface area contributed by atoms with Gasteiger partial charge in [-0.05, 0) is 70.2 Å². The minimum absolute atomic E-state index is 0.0919. The Morgan fingerprint density at radius 3 is 2.58 bits per heavy atom. The molecule has 0 spiro atoms. The lowest BCUT2D eigenvalue weighted by molar-refractivity contribution is -0.114. The number of nitrogens with two attached hydrogens (primary N) is 1. The third-order valence-corrected chi connectivity index (χ3v) is 4.24. The van der Waals surface area contributed by atoms with Gasteiger partial charge >= 0.3 is 0 Å². The zero-order valence-corrected chi connectivity index (χ0v) is 15.1. The van der Waals surface area contributed by atoms with Crippen molar-refractivity contribution in [2.75, 3.05) is 0 Å². The van der Waals surface area contributed by atoms with Crippen molar-refractivity contribution in [1.82, 2.24) is 0 Å². The van der Waals surface area contributed by atoms with E-state index in [1.165, 1.54) is 17.2 Å². The van der Waals surface area contributed by atoms with Crippen LogP contribution in [0.25, 0.3) is 6.08 Å². The van der Waals surface area contributed by atoms with Crippen molar-refractivity contribution < 1.29 is 9.53 Å². The molecule has 1 amide bonds. The molecule has 2 aromatic rings. The number of aryl methyl sites for hydroxylation is 2. The van der Waals surface area contributed by atoms with Gasteiger partial charge in [-0.25, -0.2) is 0 Å². The zero-order valence-electron chi connectivity index (χ0n) is 13.5. The van der Waals surface area contributed by atoms with Gasteiger partial charge in [0.1, 0.15) is 24.0 Å². The average Bonchev–Trinajstić information content (AvgIpc) is 2.54. The molecule has 5 heteroatoms. The highest BCUT2D eigenvalue weighted by Gasteiger charge is 2.06. The highest BCUT2D eigenvalue weighted by atomic mass is 79.9. The molecule has 0 unspecified atom stereocenters. The number of hydrogen-bond donors (Lipinski definition) is 1. The van der Waals surface area contributed by atoms with Crippen molar-refractivity contribution in [3.05, 3.63) is 68.7 Å². The molecule has 0 aliphatic heterocycles. The van der Waals surface area contributed by atoms with Gasteiger partial charge in [-0.15, -0.1) is 0 Å². The Labute approximate surface area is 149 Å². The van der Waals surface area contributed by atoms with Crippen molar-refractivity contribution in [2.24, 2.45) is 5.73 Å². The molecule has 4 nitrogen and oxygen atoms in total. The van der Waals surface area contributed by atoms with E-state index in [4.69, 9.17) is 15.7 Å². The summed E-state index contributed by atoms with van der Waals surface area (Å²) in [7, 11) is 0. The summed E-state index contributed by atoms with van der Waals surface area (Å²) in [5.74, 6) is -0.0633. The summed E-state index contributed by atoms with van der Waals surface area (Å²) in [6.07, 6.45) is 1.44. The maximum Gasteiger partial charge on any atom is 0.259 e. The Bertz CT molecular complexity index is 851. The lowest BCUT2D eigenvalue weighted by atomic mass is 10.1. The van der Waals surface area contributed by atoms with Crippen LogP contribution in [-0.4, -0.2) is 5.91 Å². The molecule has 0 aliphatic rings. The quantitative estimate of drug-likeness (QED) is 0.624. The molecule has 0 aromatic heterocycles. The van der Waals surface area contributed by atoms with Gasteiger partial charge in [-0.3, -0.25) is 4.79 Å². The Morgan fingerprint density at radius 1 is 1.25 bits per heavy atom. The fraction of sp³-hybridized carbons (Fsp3) is 0.158. The molecular formula is C19H17BrN2O2. The molecule has 0 saturated heterocycles. The molecule has 0 saturated carbocycles. The molecule has 0 radical (unpaired) electrons. The predicted molar refractivity (Wildman–Crippen MR) is 97.2 cm³/mol. The van der Waals surface area contributed by atoms with Crippen molar-refractivity contribution in [2.45, 2.75) is 20.5 Å². The van der Waals surface area contributed by atoms with Gasteiger partial charge in [0.25, 0.3) is 5.91 Å². The summed E-state index contributed by atoms with van der Waals surface area (Å²) in [6.45, 7) is 4.60. The van der Waals surface area contributed by atoms with Crippen molar-refractivity contribution in [1.29, 1.82) is 5.26 Å². The average molecular weight is 385 g/mol. The lowest BCUT2D eigenvalue weighted by Gasteiger charge is -2.10. The SMILES string of the molecule is Cc1ccc(COc2ccc(/C=C(\C#N)C(N)=O)cc2Br)cc1C. The van der Waals surface area contributed by atoms with Crippen molar-refractivity contribution in [3.63, 3.8) is 0 Å². The second-order valence-corrected chi connectivity index (χ2v) is 6.29. The van der Waals surface area contributed by atoms with E-state index in [1.807, 2.05) is 6.07 Å². The molecule has 0 heterocycles. The third kappa shape index (κ3) is 4.46. The Hall–Kier alpha value is -2.58. The summed E-state index contributed by atoms with van der Waals surface area (Å²) in [5, 5.41) is 8.88. The number of carbonyl (C=O) groups excluding carboxylic acids is 1. The third-order valence-electron chi connectivity index (χ3n) is 3.62. The van der Waals surface area contributed by atoms with Crippen LogP contribution in [0, 0.1) is 25.2 Å². The number of benzene rings is 2. The van der Waals surface area contributed by atoms with Crippen LogP contribution in [0.5, 0.6) is 5.75 Å². The summed E-state index contributed by atoms with van der Waals surface area (Å²) in [4.78, 5) is 11.1. The molecule has 2 N–H and O–H groups in total. The van der Waals surface area contributed by atoms with Crippen molar-refractivity contribution in [3.8, 4) is 11.8 Å². The van der Waals surface area contributed by atoms with E-state index < -0.39 is 5.91 Å². The van der Waals surface area contributed by atoms with E-state index in [0.29, 0.717) is 17.9 Å². The smallest absolute Gasteiger partial charge is 0.259 e. The van der Waals surface area contributed by atoms with Crippen LogP contribution >= 0.6 is 15.9 Å². The first-order chi connectivity index (χ1) is 11.4. The molecule has 0 aliphatic carbocycles. The fourth-order valence-electron chi connectivity index (χ4n) is 2.10. The number of rotatable bonds is 5. The fourth-order valence-corrected chi connectivity index (χ4v) is 2.61. The molecule has 0 atom stereocenters. The lowest BCUT2D eigenvalue weighted by Crippen LogP contribution is -2.12. The summed E-state index contributed by atoms with van der Waals surface area (Å²) < 4.78 is 6.57. The topological polar surface area (TPSA) is 76.1 Å². The van der Waals surface area contributed by atoms with Crippen LogP contribution in [-0.2, 0) is 11.4 Å². The maximum atomic E-state index is 11.1. The highest BCUT2D eigenvalue weighted by molar-refractivity contribution is 9.10. The Kier molecular flexibility index (Phi) is 5.78. The number of primary amides is 1. The predicted octanol–water partition coefficient (Wildman–Crippen LogP) is 4.04. The number of halogens is 1. The summed E-state index contributed by atoms with van der Waals surface area (Å²) >= 11 is 3.44. The van der Waals surface area contributed by atoms with E-state index in [-0.39, 0.29) is 5.57 Å². The number of hydrogen-bond acceptors (Lipinski definition) is 3. The minimum Gasteiger partial charge on any atom is -0.488 e. The van der Waals surface area contributed by atoms with Gasteiger partial charge in [-0.1, -0.05) is 24.3 Å². The van der Waals surface area contributed by atoms with Gasteiger partial charge in [0.2, 0.25) is 0 Å². The van der Waals surface area contributed by atoms with Gasteiger partial charge in [0.05, 0.1) is 4.47 Å². The van der Waals surface area contributed by atoms with Gasteiger partial charge in [-0.2, -0.15) is 5.26 Å². The van der Waals surface area contributed by atoms with Gasteiger partial charge in [0.15, 0.2) is 0 Å². The zero-order chi connectivity index (χ0) is 17.7. The normalized spacial score (nSPS) is 11.0. The molecule has 0 bridgehead atoms. The van der Waals surface area contributed by atoms with Crippen LogP contribution in [0.3, 0.4) is 0 Å². The standard InChI is InChI=1S/C19H17BrN2O2/c1-12-3-4-15(7-13(12)2)11-24-18-6-5-14(9-17(18)20)8-16(10-21)19(22)23/h3-9H,11H2,1-2H3,(H2,22,23)/b16-8+. The van der Waals surface area contributed by atoms with Crippen LogP contribution in [0.1, 0.15) is 22.3 Å². The van der Waals surface area contributed by atoms with Gasteiger partial charge in [0, 0.05) is 0 Å². The maximum absolute atomic E-state index is 11.1. The number of amides is 1. The number of nitrogens with zero attached hydrogens (tertiary/aromatic N) is 1. The first-order valence-corrected chi connectivity index (χ1v) is 8.10. The van der Waals surface area contributed by atoms with Crippen LogP contribution in [0.15, 0.2) is 46.4 Å². The monoisotopic (exact) mass is 384 g/mol. The first-order valence-electron chi connectivity index (χ1n) is 7.31. The number of ether oxygens (including phenoxy) is 1. The van der Waals surface area contributed by atoms with E-state index in [2.05, 4.69) is 41.9 Å². The molecule has 0 fully saturated rings. The number of carbonyl (C=O) groups is 1.